The molecule has 0 aromatic heterocycles. The quantitative estimate of drug-likeness (QED) is 0.314. The van der Waals surface area contributed by atoms with Crippen LogP contribution in [0.4, 0.5) is 4.79 Å². The number of nitrogens with one attached hydrogen (secondary N) is 2. The van der Waals surface area contributed by atoms with Crippen molar-refractivity contribution >= 4 is 41.1 Å². The van der Waals surface area contributed by atoms with Crippen molar-refractivity contribution in [1.82, 2.24) is 10.6 Å². The Morgan fingerprint density at radius 1 is 1.56 bits per heavy atom. The van der Waals surface area contributed by atoms with E-state index in [0.717, 1.165) is 6.92 Å². The van der Waals surface area contributed by atoms with Crippen molar-refractivity contribution < 1.29 is 24.0 Å². The second-order valence-corrected chi connectivity index (χ2v) is 4.55. The van der Waals surface area contributed by atoms with Crippen molar-refractivity contribution in [2.45, 2.75) is 23.5 Å². The lowest BCUT2D eigenvalue weighted by Crippen LogP contribution is -2.71. The van der Waals surface area contributed by atoms with Gasteiger partial charge in [-0.2, -0.15) is 0 Å². The first-order valence-electron chi connectivity index (χ1n) is 4.44. The van der Waals surface area contributed by atoms with Crippen molar-refractivity contribution in [3.8, 4) is 0 Å². The van der Waals surface area contributed by atoms with Crippen molar-refractivity contribution in [3.63, 3.8) is 0 Å². The minimum Gasteiger partial charge on any atom is -0.431 e. The molecule has 0 saturated carbocycles. The molecule has 0 aromatic rings. The summed E-state index contributed by atoms with van der Waals surface area (Å²) in [4.78, 5) is 41.9. The number of imide groups is 1. The number of amides is 3. The number of alkyl halides is 2. The molecule has 3 amide bonds. The number of halogens is 2. The summed E-state index contributed by atoms with van der Waals surface area (Å²) >= 11 is 10.4. The summed E-state index contributed by atoms with van der Waals surface area (Å²) in [5.41, 5.74) is -2.37. The number of hydrogen-bond acceptors (Lipinski definition) is 6. The van der Waals surface area contributed by atoms with Gasteiger partial charge in [-0.15, -0.1) is 0 Å². The Balaban J connectivity index is 3.03. The van der Waals surface area contributed by atoms with Gasteiger partial charge in [-0.25, -0.2) is 9.59 Å². The van der Waals surface area contributed by atoms with Crippen molar-refractivity contribution in [2.75, 3.05) is 0 Å². The number of nitrogens with zero attached hydrogens (tertiary/aromatic N) is 1. The van der Waals surface area contributed by atoms with Crippen LogP contribution in [0.1, 0.15) is 6.92 Å². The number of carbonyl (C=O) groups excluding carboxylic acids is 3. The van der Waals surface area contributed by atoms with Gasteiger partial charge in [-0.05, 0) is 0 Å². The number of urea groups is 1. The standard InChI is InChI=1S/C7H7Cl2N3O6/c1-7(12(16)17)4(14)10-6(15)11-5(7)18-3(13)2(8)9/h2,5H,1H3,(H2,10,11,14,15). The molecular weight excluding hydrogens is 293 g/mol. The van der Waals surface area contributed by atoms with Crippen LogP contribution in [0.2, 0.25) is 0 Å². The average Bonchev–Trinajstić information content (AvgIpc) is 2.24. The highest BCUT2D eigenvalue weighted by atomic mass is 35.5. The molecule has 1 aliphatic heterocycles. The van der Waals surface area contributed by atoms with Gasteiger partial charge in [0, 0.05) is 11.8 Å². The maximum atomic E-state index is 11.5. The number of esters is 1. The zero-order valence-corrected chi connectivity index (χ0v) is 10.3. The van der Waals surface area contributed by atoms with Gasteiger partial charge in [0.15, 0.2) is 0 Å². The predicted octanol–water partition coefficient (Wildman–Crippen LogP) is -0.466. The van der Waals surface area contributed by atoms with Gasteiger partial charge in [0.25, 0.3) is 6.23 Å². The Hall–Kier alpha value is -1.61. The Kier molecular flexibility index (Phi) is 3.97. The summed E-state index contributed by atoms with van der Waals surface area (Å²) in [6.07, 6.45) is -1.80. The highest BCUT2D eigenvalue weighted by Gasteiger charge is 2.60. The smallest absolute Gasteiger partial charge is 0.350 e. The molecule has 1 saturated heterocycles. The number of nitro groups is 1. The third-order valence-electron chi connectivity index (χ3n) is 2.25. The molecule has 1 rings (SSSR count). The Morgan fingerprint density at radius 2 is 2.11 bits per heavy atom. The molecule has 0 radical (unpaired) electrons. The van der Waals surface area contributed by atoms with Gasteiger partial charge in [0.05, 0.1) is 0 Å². The van der Waals surface area contributed by atoms with Crippen LogP contribution in [0.25, 0.3) is 0 Å². The first-order chi connectivity index (χ1) is 8.19. The van der Waals surface area contributed by atoms with Gasteiger partial charge in [0.2, 0.25) is 4.84 Å². The Morgan fingerprint density at radius 3 is 2.56 bits per heavy atom. The summed E-state index contributed by atoms with van der Waals surface area (Å²) in [6.45, 7) is 0.886. The molecule has 18 heavy (non-hydrogen) atoms. The Labute approximate surface area is 110 Å². The summed E-state index contributed by atoms with van der Waals surface area (Å²) < 4.78 is 4.53. The molecule has 1 fully saturated rings. The largest absolute Gasteiger partial charge is 0.431 e. The number of hydrogen-bond donors (Lipinski definition) is 2. The molecular formula is C7H7Cl2N3O6. The normalized spacial score (nSPS) is 27.4. The van der Waals surface area contributed by atoms with E-state index in [4.69, 9.17) is 23.2 Å². The minimum absolute atomic E-state index is 0.886. The highest BCUT2D eigenvalue weighted by Crippen LogP contribution is 2.21. The second kappa shape index (κ2) is 4.94. The molecule has 0 spiro atoms. The molecule has 2 N–H and O–H groups in total. The van der Waals surface area contributed by atoms with Gasteiger partial charge < -0.3 is 4.74 Å². The van der Waals surface area contributed by atoms with Crippen molar-refractivity contribution in [2.24, 2.45) is 0 Å². The van der Waals surface area contributed by atoms with E-state index < -0.39 is 39.4 Å². The van der Waals surface area contributed by atoms with Gasteiger partial charge in [-0.1, -0.05) is 23.2 Å². The van der Waals surface area contributed by atoms with Crippen LogP contribution in [0, 0.1) is 10.1 Å². The highest BCUT2D eigenvalue weighted by molar-refractivity contribution is 6.52. The van der Waals surface area contributed by atoms with Crippen LogP contribution < -0.4 is 10.6 Å². The average molecular weight is 300 g/mol. The molecule has 0 bridgehead atoms. The first kappa shape index (κ1) is 14.5. The summed E-state index contributed by atoms with van der Waals surface area (Å²) in [5.74, 6) is -2.43. The first-order valence-corrected chi connectivity index (χ1v) is 5.32. The lowest BCUT2D eigenvalue weighted by Gasteiger charge is -2.32. The van der Waals surface area contributed by atoms with E-state index >= 15 is 0 Å². The van der Waals surface area contributed by atoms with Crippen LogP contribution in [-0.2, 0) is 14.3 Å². The summed E-state index contributed by atoms with van der Waals surface area (Å²) in [6, 6.07) is -1.03. The van der Waals surface area contributed by atoms with E-state index in [0.29, 0.717) is 0 Å². The second-order valence-electron chi connectivity index (χ2n) is 3.45. The van der Waals surface area contributed by atoms with Crippen molar-refractivity contribution in [3.05, 3.63) is 10.1 Å². The van der Waals surface area contributed by atoms with Crippen LogP contribution >= 0.6 is 23.2 Å². The maximum absolute atomic E-state index is 11.5. The molecule has 100 valence electrons. The van der Waals surface area contributed by atoms with Gasteiger partial charge >= 0.3 is 23.4 Å². The fourth-order valence-electron chi connectivity index (χ4n) is 1.13. The SMILES string of the molecule is CC1([N+](=O)[O-])C(=O)NC(=O)NC1OC(=O)C(Cl)Cl. The number of rotatable bonds is 3. The zero-order chi connectivity index (χ0) is 14.1. The van der Waals surface area contributed by atoms with Crippen molar-refractivity contribution in [1.29, 1.82) is 0 Å². The minimum atomic E-state index is -2.37. The molecule has 1 heterocycles. The van der Waals surface area contributed by atoms with Gasteiger partial charge in [0.1, 0.15) is 0 Å². The van der Waals surface area contributed by atoms with E-state index in [9.17, 15) is 24.5 Å². The molecule has 1 aliphatic rings. The third-order valence-corrected chi connectivity index (χ3v) is 2.61. The van der Waals surface area contributed by atoms with Crippen LogP contribution in [0.5, 0.6) is 0 Å². The van der Waals surface area contributed by atoms with E-state index in [-0.39, 0.29) is 0 Å². The van der Waals surface area contributed by atoms with Gasteiger partial charge in [-0.3, -0.25) is 25.5 Å². The number of carbonyl (C=O) groups is 3. The Bertz CT molecular complexity index is 427. The van der Waals surface area contributed by atoms with E-state index in [2.05, 4.69) is 4.74 Å². The molecule has 0 aromatic carbocycles. The van der Waals surface area contributed by atoms with Crippen LogP contribution in [0.15, 0.2) is 0 Å². The van der Waals surface area contributed by atoms with E-state index in [1.807, 2.05) is 5.32 Å². The maximum Gasteiger partial charge on any atom is 0.350 e. The lowest BCUT2D eigenvalue weighted by atomic mass is 9.98. The fraction of sp³-hybridized carbons (Fsp3) is 0.571. The van der Waals surface area contributed by atoms with E-state index in [1.165, 1.54) is 0 Å². The van der Waals surface area contributed by atoms with E-state index in [1.54, 1.807) is 5.32 Å². The molecule has 0 aliphatic carbocycles. The molecule has 2 unspecified atom stereocenters. The fourth-order valence-corrected chi connectivity index (χ4v) is 1.24. The third kappa shape index (κ3) is 2.46. The summed E-state index contributed by atoms with van der Waals surface area (Å²) in [5, 5.41) is 14.5. The topological polar surface area (TPSA) is 128 Å². The molecule has 2 atom stereocenters. The van der Waals surface area contributed by atoms with Crippen LogP contribution in [-0.4, -0.2) is 39.4 Å². The summed E-state index contributed by atoms with van der Waals surface area (Å²) in [7, 11) is 0. The monoisotopic (exact) mass is 299 g/mol. The predicted molar refractivity (Wildman–Crippen MR) is 57.4 cm³/mol. The molecule has 11 heteroatoms. The zero-order valence-electron chi connectivity index (χ0n) is 8.81. The lowest BCUT2D eigenvalue weighted by molar-refractivity contribution is -0.561. The molecule has 9 nitrogen and oxygen atoms in total. The number of ether oxygens (including phenoxy) is 1. The van der Waals surface area contributed by atoms with Crippen LogP contribution in [0.3, 0.4) is 0 Å².